The van der Waals surface area contributed by atoms with E-state index in [0.717, 1.165) is 51.1 Å². The molecule has 4 nitrogen and oxygen atoms in total. The zero-order chi connectivity index (χ0) is 18.9. The molecule has 1 N–H and O–H groups in total. The Kier molecular flexibility index (Phi) is 4.45. The van der Waals surface area contributed by atoms with Gasteiger partial charge in [0, 0.05) is 22.4 Å². The van der Waals surface area contributed by atoms with Gasteiger partial charge in [-0.3, -0.25) is 4.79 Å². The molecule has 1 saturated carbocycles. The maximum absolute atomic E-state index is 12.6. The SMILES string of the molecule is O=C(CSc1nc(C2CC2)nc2ccccc12)Nc1cccc2ccccc12. The molecule has 1 aliphatic rings. The Morgan fingerprint density at radius 2 is 1.68 bits per heavy atom. The van der Waals surface area contributed by atoms with Gasteiger partial charge in [0.05, 0.1) is 11.3 Å². The Bertz CT molecular complexity index is 1180. The number of benzene rings is 3. The van der Waals surface area contributed by atoms with Gasteiger partial charge >= 0.3 is 0 Å². The summed E-state index contributed by atoms with van der Waals surface area (Å²) >= 11 is 1.48. The van der Waals surface area contributed by atoms with Crippen molar-refractivity contribution in [2.45, 2.75) is 23.8 Å². The highest BCUT2D eigenvalue weighted by Crippen LogP contribution is 2.39. The molecule has 0 saturated heterocycles. The highest BCUT2D eigenvalue weighted by molar-refractivity contribution is 8.00. The fourth-order valence-corrected chi connectivity index (χ4v) is 4.18. The first-order valence-electron chi connectivity index (χ1n) is 9.45. The smallest absolute Gasteiger partial charge is 0.234 e. The predicted octanol–water partition coefficient (Wildman–Crippen LogP) is 5.39. The third-order valence-electron chi connectivity index (χ3n) is 4.93. The van der Waals surface area contributed by atoms with Gasteiger partial charge in [0.25, 0.3) is 0 Å². The van der Waals surface area contributed by atoms with Crippen LogP contribution in [0.2, 0.25) is 0 Å². The lowest BCUT2D eigenvalue weighted by Crippen LogP contribution is -2.14. The summed E-state index contributed by atoms with van der Waals surface area (Å²) in [7, 11) is 0. The molecule has 28 heavy (non-hydrogen) atoms. The van der Waals surface area contributed by atoms with Crippen molar-refractivity contribution in [1.29, 1.82) is 0 Å². The quantitative estimate of drug-likeness (QED) is 0.370. The summed E-state index contributed by atoms with van der Waals surface area (Å²) in [4.78, 5) is 22.1. The Labute approximate surface area is 167 Å². The van der Waals surface area contributed by atoms with Crippen LogP contribution in [0.25, 0.3) is 21.7 Å². The van der Waals surface area contributed by atoms with Crippen molar-refractivity contribution >= 4 is 45.0 Å². The number of fused-ring (bicyclic) bond motifs is 2. The summed E-state index contributed by atoms with van der Waals surface area (Å²) in [5.41, 5.74) is 1.80. The molecule has 1 amide bonds. The van der Waals surface area contributed by atoms with Gasteiger partial charge in [-0.25, -0.2) is 9.97 Å². The summed E-state index contributed by atoms with van der Waals surface area (Å²) in [5, 5.41) is 7.11. The molecule has 0 atom stereocenters. The van der Waals surface area contributed by atoms with Crippen molar-refractivity contribution in [3.63, 3.8) is 0 Å². The number of hydrogen-bond acceptors (Lipinski definition) is 4. The van der Waals surface area contributed by atoms with E-state index >= 15 is 0 Å². The maximum Gasteiger partial charge on any atom is 0.234 e. The van der Waals surface area contributed by atoms with Crippen LogP contribution < -0.4 is 5.32 Å². The second-order valence-electron chi connectivity index (χ2n) is 7.04. The Hall–Kier alpha value is -2.92. The molecule has 5 rings (SSSR count). The minimum Gasteiger partial charge on any atom is -0.325 e. The third-order valence-corrected chi connectivity index (χ3v) is 5.92. The molecule has 0 aliphatic heterocycles. The van der Waals surface area contributed by atoms with E-state index in [-0.39, 0.29) is 5.91 Å². The van der Waals surface area contributed by atoms with Gasteiger partial charge in [-0.1, -0.05) is 66.4 Å². The molecule has 1 heterocycles. The number of carbonyl (C=O) groups is 1. The molecular weight excluding hydrogens is 366 g/mol. The lowest BCUT2D eigenvalue weighted by Gasteiger charge is -2.10. The zero-order valence-corrected chi connectivity index (χ0v) is 16.1. The Morgan fingerprint density at radius 3 is 2.54 bits per heavy atom. The van der Waals surface area contributed by atoms with Crippen molar-refractivity contribution in [2.24, 2.45) is 0 Å². The van der Waals surface area contributed by atoms with E-state index in [1.165, 1.54) is 11.8 Å². The van der Waals surface area contributed by atoms with Gasteiger partial charge in [-0.2, -0.15) is 0 Å². The Morgan fingerprint density at radius 1 is 0.929 bits per heavy atom. The van der Waals surface area contributed by atoms with E-state index in [2.05, 4.69) is 5.32 Å². The van der Waals surface area contributed by atoms with Crippen LogP contribution in [-0.4, -0.2) is 21.6 Å². The van der Waals surface area contributed by atoms with Crippen LogP contribution in [-0.2, 0) is 4.79 Å². The third kappa shape index (κ3) is 3.45. The number of aromatic nitrogens is 2. The predicted molar refractivity (Wildman–Crippen MR) is 115 cm³/mol. The average Bonchev–Trinajstić information content (AvgIpc) is 3.57. The fourth-order valence-electron chi connectivity index (χ4n) is 3.35. The number of nitrogens with zero attached hydrogens (tertiary/aromatic N) is 2. The summed E-state index contributed by atoms with van der Waals surface area (Å²) in [6.07, 6.45) is 2.31. The number of hydrogen-bond donors (Lipinski definition) is 1. The van der Waals surface area contributed by atoms with Crippen LogP contribution in [0.1, 0.15) is 24.6 Å². The first kappa shape index (κ1) is 17.2. The van der Waals surface area contributed by atoms with E-state index < -0.39 is 0 Å². The molecule has 5 heteroatoms. The van der Waals surface area contributed by atoms with Crippen LogP contribution in [0.5, 0.6) is 0 Å². The van der Waals surface area contributed by atoms with E-state index in [0.29, 0.717) is 11.7 Å². The fraction of sp³-hybridized carbons (Fsp3) is 0.174. The van der Waals surface area contributed by atoms with Crippen molar-refractivity contribution in [3.05, 3.63) is 72.6 Å². The van der Waals surface area contributed by atoms with Crippen molar-refractivity contribution in [1.82, 2.24) is 9.97 Å². The van der Waals surface area contributed by atoms with Gasteiger partial charge in [-0.05, 0) is 30.4 Å². The molecule has 1 aromatic heterocycles. The van der Waals surface area contributed by atoms with Crippen molar-refractivity contribution in [3.8, 4) is 0 Å². The number of nitrogens with one attached hydrogen (secondary N) is 1. The molecule has 0 spiro atoms. The second-order valence-corrected chi connectivity index (χ2v) is 8.01. The van der Waals surface area contributed by atoms with E-state index in [4.69, 9.17) is 9.97 Å². The van der Waals surface area contributed by atoms with Crippen LogP contribution in [0.4, 0.5) is 5.69 Å². The lowest BCUT2D eigenvalue weighted by atomic mass is 10.1. The molecule has 0 bridgehead atoms. The largest absolute Gasteiger partial charge is 0.325 e. The highest BCUT2D eigenvalue weighted by Gasteiger charge is 2.27. The molecule has 3 aromatic carbocycles. The standard InChI is InChI=1S/C23H19N3OS/c27-21(24-19-11-5-7-15-6-1-2-8-17(15)19)14-28-23-18-9-3-4-10-20(18)25-22(26-23)16-12-13-16/h1-11,16H,12-14H2,(H,24,27). The van der Waals surface area contributed by atoms with Gasteiger partial charge in [0.1, 0.15) is 10.9 Å². The van der Waals surface area contributed by atoms with Gasteiger partial charge in [0.2, 0.25) is 5.91 Å². The van der Waals surface area contributed by atoms with Crippen LogP contribution in [0.3, 0.4) is 0 Å². The molecule has 0 radical (unpaired) electrons. The van der Waals surface area contributed by atoms with Gasteiger partial charge in [0.15, 0.2) is 0 Å². The minimum absolute atomic E-state index is 0.0305. The summed E-state index contributed by atoms with van der Waals surface area (Å²) in [6, 6.07) is 22.0. The average molecular weight is 385 g/mol. The summed E-state index contributed by atoms with van der Waals surface area (Å²) in [5.74, 6) is 1.68. The summed E-state index contributed by atoms with van der Waals surface area (Å²) in [6.45, 7) is 0. The van der Waals surface area contributed by atoms with Gasteiger partial charge < -0.3 is 5.32 Å². The monoisotopic (exact) mass is 385 g/mol. The molecule has 1 fully saturated rings. The topological polar surface area (TPSA) is 54.9 Å². The highest BCUT2D eigenvalue weighted by atomic mass is 32.2. The van der Waals surface area contributed by atoms with E-state index in [9.17, 15) is 4.79 Å². The van der Waals surface area contributed by atoms with Gasteiger partial charge in [-0.15, -0.1) is 0 Å². The number of amides is 1. The van der Waals surface area contributed by atoms with Crippen LogP contribution in [0, 0.1) is 0 Å². The first-order valence-corrected chi connectivity index (χ1v) is 10.4. The maximum atomic E-state index is 12.6. The molecule has 0 unspecified atom stereocenters. The number of rotatable bonds is 5. The molecular formula is C23H19N3OS. The van der Waals surface area contributed by atoms with Crippen molar-refractivity contribution < 1.29 is 4.79 Å². The van der Waals surface area contributed by atoms with E-state index in [1.54, 1.807) is 0 Å². The first-order chi connectivity index (χ1) is 13.8. The molecule has 138 valence electrons. The zero-order valence-electron chi connectivity index (χ0n) is 15.3. The number of thioether (sulfide) groups is 1. The number of para-hydroxylation sites is 1. The Balaban J connectivity index is 1.36. The second kappa shape index (κ2) is 7.24. The molecule has 4 aromatic rings. The number of carbonyl (C=O) groups excluding carboxylic acids is 1. The normalized spacial score (nSPS) is 13.7. The summed E-state index contributed by atoms with van der Waals surface area (Å²) < 4.78 is 0. The molecule has 1 aliphatic carbocycles. The lowest BCUT2D eigenvalue weighted by molar-refractivity contribution is -0.113. The number of anilines is 1. The minimum atomic E-state index is -0.0305. The van der Waals surface area contributed by atoms with Crippen LogP contribution in [0.15, 0.2) is 71.8 Å². The van der Waals surface area contributed by atoms with Crippen molar-refractivity contribution in [2.75, 3.05) is 11.1 Å². The van der Waals surface area contributed by atoms with Crippen LogP contribution >= 0.6 is 11.8 Å². The van der Waals surface area contributed by atoms with E-state index in [1.807, 2.05) is 66.7 Å².